The molecule has 0 N–H and O–H groups in total. The van der Waals surface area contributed by atoms with E-state index >= 15 is 0 Å². The number of nitrogens with zero attached hydrogens (tertiary/aromatic N) is 4. The van der Waals surface area contributed by atoms with E-state index in [1.807, 2.05) is 0 Å². The summed E-state index contributed by atoms with van der Waals surface area (Å²) in [6.07, 6.45) is 1.26. The molecular formula is C12H10N4O3S. The van der Waals surface area contributed by atoms with Gasteiger partial charge in [-0.3, -0.25) is 10.1 Å². The number of nitriles is 1. The molecule has 102 valence electrons. The Balaban J connectivity index is 2.01. The fourth-order valence-corrected chi connectivity index (χ4v) is 2.12. The minimum Gasteiger partial charge on any atom is -0.411 e. The van der Waals surface area contributed by atoms with Crippen molar-refractivity contribution < 1.29 is 9.34 Å². The number of hydrogen-bond acceptors (Lipinski definition) is 7. The summed E-state index contributed by atoms with van der Waals surface area (Å²) in [7, 11) is 0. The molecule has 0 spiro atoms. The topological polar surface area (TPSA) is 106 Å². The van der Waals surface area contributed by atoms with Crippen LogP contribution >= 0.6 is 11.8 Å². The van der Waals surface area contributed by atoms with Gasteiger partial charge in [-0.05, 0) is 18.6 Å². The number of nitro benzene ring substituents is 1. The van der Waals surface area contributed by atoms with Crippen molar-refractivity contribution in [3.8, 4) is 17.5 Å². The second kappa shape index (κ2) is 6.68. The van der Waals surface area contributed by atoms with Crippen LogP contribution in [0.15, 0.2) is 33.9 Å². The summed E-state index contributed by atoms with van der Waals surface area (Å²) in [6.45, 7) is 0. The van der Waals surface area contributed by atoms with E-state index in [4.69, 9.17) is 9.68 Å². The van der Waals surface area contributed by atoms with Crippen LogP contribution in [-0.4, -0.2) is 20.9 Å². The molecule has 1 aromatic heterocycles. The maximum absolute atomic E-state index is 10.6. The average molecular weight is 290 g/mol. The van der Waals surface area contributed by atoms with Crippen molar-refractivity contribution in [3.63, 3.8) is 0 Å². The third-order valence-electron chi connectivity index (χ3n) is 2.39. The van der Waals surface area contributed by atoms with E-state index in [0.29, 0.717) is 23.1 Å². The van der Waals surface area contributed by atoms with Crippen LogP contribution in [0.2, 0.25) is 0 Å². The van der Waals surface area contributed by atoms with Gasteiger partial charge in [0.15, 0.2) is 0 Å². The highest BCUT2D eigenvalue weighted by molar-refractivity contribution is 7.99. The smallest absolute Gasteiger partial charge is 0.276 e. The van der Waals surface area contributed by atoms with Gasteiger partial charge in [0.05, 0.1) is 11.0 Å². The Morgan fingerprint density at radius 1 is 1.35 bits per heavy atom. The number of unbranched alkanes of at least 4 members (excludes halogenated alkanes) is 1. The molecule has 1 aromatic carbocycles. The van der Waals surface area contributed by atoms with Crippen LogP contribution in [-0.2, 0) is 0 Å². The Morgan fingerprint density at radius 3 is 2.75 bits per heavy atom. The van der Waals surface area contributed by atoms with Crippen molar-refractivity contribution in [3.05, 3.63) is 34.4 Å². The van der Waals surface area contributed by atoms with E-state index in [1.165, 1.54) is 23.9 Å². The summed E-state index contributed by atoms with van der Waals surface area (Å²) in [6, 6.07) is 7.97. The van der Waals surface area contributed by atoms with Crippen molar-refractivity contribution >= 4 is 17.4 Å². The fraction of sp³-hybridized carbons (Fsp3) is 0.250. The van der Waals surface area contributed by atoms with Gasteiger partial charge in [-0.2, -0.15) is 5.26 Å². The highest BCUT2D eigenvalue weighted by Gasteiger charge is 2.11. The zero-order valence-electron chi connectivity index (χ0n) is 10.4. The molecule has 2 aromatic rings. The molecule has 0 fully saturated rings. The average Bonchev–Trinajstić information content (AvgIpc) is 2.92. The number of aromatic nitrogens is 2. The number of benzene rings is 1. The number of hydrogen-bond donors (Lipinski definition) is 0. The van der Waals surface area contributed by atoms with Crippen LogP contribution in [0, 0.1) is 21.4 Å². The second-order valence-corrected chi connectivity index (χ2v) is 4.83. The van der Waals surface area contributed by atoms with Crippen molar-refractivity contribution in [2.75, 3.05) is 5.75 Å². The molecule has 20 heavy (non-hydrogen) atoms. The predicted octanol–water partition coefficient (Wildman–Crippen LogP) is 3.04. The molecule has 0 unspecified atom stereocenters. The maximum Gasteiger partial charge on any atom is 0.276 e. The molecule has 0 aliphatic rings. The van der Waals surface area contributed by atoms with Crippen molar-refractivity contribution in [2.24, 2.45) is 0 Å². The number of nitro groups is 1. The van der Waals surface area contributed by atoms with Gasteiger partial charge in [0, 0.05) is 29.9 Å². The van der Waals surface area contributed by atoms with Crippen molar-refractivity contribution in [1.82, 2.24) is 10.2 Å². The monoisotopic (exact) mass is 290 g/mol. The highest BCUT2D eigenvalue weighted by Crippen LogP contribution is 2.25. The molecule has 0 radical (unpaired) electrons. The Morgan fingerprint density at radius 2 is 2.10 bits per heavy atom. The predicted molar refractivity (Wildman–Crippen MR) is 72.0 cm³/mol. The Labute approximate surface area is 118 Å². The minimum absolute atomic E-state index is 0.0133. The summed E-state index contributed by atoms with van der Waals surface area (Å²) < 4.78 is 5.44. The van der Waals surface area contributed by atoms with Crippen LogP contribution in [0.25, 0.3) is 11.5 Å². The van der Waals surface area contributed by atoms with Crippen LogP contribution in [0.5, 0.6) is 0 Å². The standard InChI is InChI=1S/C12H10N4O3S/c13-7-1-2-8-20-12-15-14-11(19-12)9-3-5-10(6-4-9)16(17)18/h3-6H,1-2,8H2. The van der Waals surface area contributed by atoms with Crippen molar-refractivity contribution in [2.45, 2.75) is 18.1 Å². The van der Waals surface area contributed by atoms with E-state index in [-0.39, 0.29) is 5.69 Å². The van der Waals surface area contributed by atoms with Crippen LogP contribution in [0.4, 0.5) is 5.69 Å². The van der Waals surface area contributed by atoms with E-state index in [0.717, 1.165) is 12.2 Å². The zero-order valence-corrected chi connectivity index (χ0v) is 11.2. The summed E-state index contributed by atoms with van der Waals surface area (Å²) in [5.41, 5.74) is 0.645. The lowest BCUT2D eigenvalue weighted by Crippen LogP contribution is -1.87. The highest BCUT2D eigenvalue weighted by atomic mass is 32.2. The molecule has 0 amide bonds. The number of non-ortho nitro benzene ring substituents is 1. The SMILES string of the molecule is N#CCCCSc1nnc(-c2ccc([N+](=O)[O-])cc2)o1. The van der Waals surface area contributed by atoms with Gasteiger partial charge in [-0.1, -0.05) is 11.8 Å². The van der Waals surface area contributed by atoms with Gasteiger partial charge in [0.1, 0.15) is 0 Å². The maximum atomic E-state index is 10.6. The normalized spacial score (nSPS) is 10.2. The molecule has 0 saturated carbocycles. The van der Waals surface area contributed by atoms with Gasteiger partial charge in [0.2, 0.25) is 5.89 Å². The largest absolute Gasteiger partial charge is 0.411 e. The first-order valence-electron chi connectivity index (χ1n) is 5.79. The number of rotatable bonds is 6. The van der Waals surface area contributed by atoms with E-state index in [1.54, 1.807) is 12.1 Å². The van der Waals surface area contributed by atoms with Crippen LogP contribution < -0.4 is 0 Å². The number of thioether (sulfide) groups is 1. The molecule has 2 rings (SSSR count). The first kappa shape index (κ1) is 14.0. The zero-order chi connectivity index (χ0) is 14.4. The van der Waals surface area contributed by atoms with Gasteiger partial charge < -0.3 is 4.42 Å². The first-order valence-corrected chi connectivity index (χ1v) is 6.77. The van der Waals surface area contributed by atoms with Gasteiger partial charge in [0.25, 0.3) is 10.9 Å². The molecule has 0 atom stereocenters. The molecule has 8 heteroatoms. The molecule has 0 saturated heterocycles. The lowest BCUT2D eigenvalue weighted by Gasteiger charge is -1.94. The lowest BCUT2D eigenvalue weighted by molar-refractivity contribution is -0.384. The quantitative estimate of drug-likeness (QED) is 0.348. The first-order chi connectivity index (χ1) is 9.70. The fourth-order valence-electron chi connectivity index (χ4n) is 1.42. The summed E-state index contributed by atoms with van der Waals surface area (Å²) in [4.78, 5) is 10.1. The molecule has 0 aliphatic heterocycles. The molecule has 1 heterocycles. The van der Waals surface area contributed by atoms with Gasteiger partial charge >= 0.3 is 0 Å². The lowest BCUT2D eigenvalue weighted by atomic mass is 10.2. The summed E-state index contributed by atoms with van der Waals surface area (Å²) >= 11 is 1.38. The van der Waals surface area contributed by atoms with Crippen LogP contribution in [0.3, 0.4) is 0 Å². The van der Waals surface area contributed by atoms with Crippen LogP contribution in [0.1, 0.15) is 12.8 Å². The van der Waals surface area contributed by atoms with Gasteiger partial charge in [-0.15, -0.1) is 10.2 Å². The van der Waals surface area contributed by atoms with Gasteiger partial charge in [-0.25, -0.2) is 0 Å². The molecule has 0 aliphatic carbocycles. The van der Waals surface area contributed by atoms with E-state index in [9.17, 15) is 10.1 Å². The molecule has 7 nitrogen and oxygen atoms in total. The minimum atomic E-state index is -0.464. The van der Waals surface area contributed by atoms with Crippen molar-refractivity contribution in [1.29, 1.82) is 5.26 Å². The summed E-state index contributed by atoms with van der Waals surface area (Å²) in [5.74, 6) is 1.05. The third kappa shape index (κ3) is 3.55. The van der Waals surface area contributed by atoms with E-state index < -0.39 is 4.92 Å². The molecular weight excluding hydrogens is 280 g/mol. The Hall–Kier alpha value is -2.40. The Kier molecular flexibility index (Phi) is 4.68. The molecule has 0 bridgehead atoms. The van der Waals surface area contributed by atoms with E-state index in [2.05, 4.69) is 16.3 Å². The second-order valence-electron chi connectivity index (χ2n) is 3.79. The summed E-state index contributed by atoms with van der Waals surface area (Å²) in [5, 5.41) is 27.2. The Bertz CT molecular complexity index is 633. The third-order valence-corrected chi connectivity index (χ3v) is 3.29.